The molecule has 1 aromatic rings. The predicted octanol–water partition coefficient (Wildman–Crippen LogP) is 4.28. The number of carbonyl (C=O) groups is 2. The van der Waals surface area contributed by atoms with E-state index in [2.05, 4.69) is 10.6 Å². The fraction of sp³-hybridized carbons (Fsp3) is 0.667. The van der Waals surface area contributed by atoms with E-state index >= 15 is 0 Å². The summed E-state index contributed by atoms with van der Waals surface area (Å²) in [4.78, 5) is 38.1. The van der Waals surface area contributed by atoms with Crippen molar-refractivity contribution in [2.45, 2.75) is 107 Å². The Hall–Kier alpha value is -1.79. The Morgan fingerprint density at radius 2 is 1.54 bits per heavy atom. The quantitative estimate of drug-likeness (QED) is 0.283. The first-order valence-electron chi connectivity index (χ1n) is 12.5. The van der Waals surface area contributed by atoms with Crippen LogP contribution in [-0.2, 0) is 33.9 Å². The molecule has 2 rings (SSSR count). The Kier molecular flexibility index (Phi) is 20.9. The molecule has 4 atom stereocenters. The van der Waals surface area contributed by atoms with Gasteiger partial charge in [-0.3, -0.25) is 9.59 Å². The van der Waals surface area contributed by atoms with E-state index in [1.165, 1.54) is 4.90 Å². The summed E-state index contributed by atoms with van der Waals surface area (Å²) in [5, 5.41) is 15.5. The Balaban J connectivity index is -0.00000135. The van der Waals surface area contributed by atoms with Gasteiger partial charge in [-0.05, 0) is 24.8 Å². The molecule has 1 fully saturated rings. The van der Waals surface area contributed by atoms with Crippen molar-refractivity contribution in [1.29, 1.82) is 0 Å². The van der Waals surface area contributed by atoms with Crippen LogP contribution in [0.4, 0.5) is 0 Å². The number of carbonyl (C=O) groups excluding carboxylic acids is 3. The van der Waals surface area contributed by atoms with E-state index in [1.807, 2.05) is 100 Å². The molecule has 0 aromatic heterocycles. The number of rotatable bonds is 6. The van der Waals surface area contributed by atoms with Gasteiger partial charge in [-0.2, -0.15) is 6.41 Å². The van der Waals surface area contributed by atoms with Crippen LogP contribution in [0.5, 0.6) is 0 Å². The van der Waals surface area contributed by atoms with Gasteiger partial charge in [0.25, 0.3) is 0 Å². The van der Waals surface area contributed by atoms with Crippen molar-refractivity contribution >= 4 is 18.2 Å². The standard InChI is InChI=1S/C21H30N3O4.3C2H6.Zn/c1-13-6-8-15(9-7-13)14(2)23-19(27)17-10-16(26)11-24(17)20(28)18(22-12-25)21(3,4)5;3*1-2;/h6-9,14,16-18,26H,10-11H2,1-5H3,(H,22,25)(H,23,27);3*1-2H3;/q-1;;;;. The van der Waals surface area contributed by atoms with Gasteiger partial charge >= 0.3 is 0 Å². The van der Waals surface area contributed by atoms with Crippen LogP contribution >= 0.6 is 0 Å². The molecule has 8 heteroatoms. The normalized spacial score (nSPS) is 17.9. The third-order valence-electron chi connectivity index (χ3n) is 5.12. The number of likely N-dealkylation sites (tertiary alicyclic amines) is 1. The predicted molar refractivity (Wildman–Crippen MR) is 140 cm³/mol. The van der Waals surface area contributed by atoms with Crippen molar-refractivity contribution in [3.63, 3.8) is 0 Å². The zero-order valence-corrected chi connectivity index (χ0v) is 26.8. The second kappa shape index (κ2) is 19.4. The second-order valence-electron chi connectivity index (χ2n) is 8.58. The van der Waals surface area contributed by atoms with Crippen LogP contribution in [0.2, 0.25) is 0 Å². The van der Waals surface area contributed by atoms with Gasteiger partial charge in [0.2, 0.25) is 11.8 Å². The third-order valence-corrected chi connectivity index (χ3v) is 5.12. The first-order valence-corrected chi connectivity index (χ1v) is 12.5. The number of nitrogens with one attached hydrogen (secondary N) is 2. The number of hydrogen-bond donors (Lipinski definition) is 3. The zero-order valence-electron chi connectivity index (χ0n) is 23.9. The van der Waals surface area contributed by atoms with Crippen molar-refractivity contribution < 1.29 is 39.0 Å². The fourth-order valence-electron chi connectivity index (χ4n) is 3.43. The average Bonchev–Trinajstić information content (AvgIpc) is 3.22. The van der Waals surface area contributed by atoms with Gasteiger partial charge in [-0.25, -0.2) is 0 Å². The minimum Gasteiger partial charge on any atom is -0.520 e. The number of benzene rings is 1. The van der Waals surface area contributed by atoms with E-state index in [4.69, 9.17) is 0 Å². The van der Waals surface area contributed by atoms with Crippen LogP contribution in [0.1, 0.15) is 92.8 Å². The van der Waals surface area contributed by atoms with E-state index in [0.29, 0.717) is 0 Å². The van der Waals surface area contributed by atoms with Gasteiger partial charge in [0.1, 0.15) is 6.04 Å². The first-order chi connectivity index (χ1) is 16.0. The molecule has 198 valence electrons. The van der Waals surface area contributed by atoms with Crippen molar-refractivity contribution in [2.24, 2.45) is 5.41 Å². The van der Waals surface area contributed by atoms with Gasteiger partial charge in [0.05, 0.1) is 18.2 Å². The van der Waals surface area contributed by atoms with Crippen molar-refractivity contribution in [2.75, 3.05) is 6.54 Å². The van der Waals surface area contributed by atoms with Gasteiger partial charge in [-0.1, -0.05) is 92.1 Å². The second-order valence-corrected chi connectivity index (χ2v) is 8.58. The van der Waals surface area contributed by atoms with Crippen molar-refractivity contribution in [1.82, 2.24) is 15.5 Å². The Labute approximate surface area is 226 Å². The van der Waals surface area contributed by atoms with Crippen molar-refractivity contribution in [3.8, 4) is 0 Å². The topological polar surface area (TPSA) is 98.7 Å². The first kappa shape index (κ1) is 37.8. The monoisotopic (exact) mass is 542 g/mol. The van der Waals surface area contributed by atoms with Crippen LogP contribution in [0.15, 0.2) is 24.3 Å². The Morgan fingerprint density at radius 3 is 1.97 bits per heavy atom. The molecular weight excluding hydrogens is 496 g/mol. The number of amides is 3. The van der Waals surface area contributed by atoms with Crippen LogP contribution in [0.3, 0.4) is 0 Å². The summed E-state index contributed by atoms with van der Waals surface area (Å²) >= 11 is 0. The maximum Gasteiger partial charge on any atom is 0.243 e. The van der Waals surface area contributed by atoms with Crippen LogP contribution in [0, 0.1) is 12.3 Å². The number of aryl methyl sites for hydroxylation is 1. The molecule has 7 nitrogen and oxygen atoms in total. The summed E-state index contributed by atoms with van der Waals surface area (Å²) in [6, 6.07) is 6.00. The van der Waals surface area contributed by atoms with Gasteiger partial charge < -0.3 is 25.4 Å². The molecule has 1 saturated heterocycles. The molecule has 0 spiro atoms. The van der Waals surface area contributed by atoms with Gasteiger partial charge in [0, 0.05) is 32.4 Å². The minimum absolute atomic E-state index is 0. The summed E-state index contributed by atoms with van der Waals surface area (Å²) in [6.45, 7) is 21.4. The van der Waals surface area contributed by atoms with Crippen LogP contribution < -0.4 is 10.6 Å². The zero-order chi connectivity index (χ0) is 27.1. The number of aliphatic hydroxyl groups excluding tert-OH is 1. The molecular formula is C27H48N3O4Zn-. The van der Waals surface area contributed by atoms with Gasteiger partial charge in [0.15, 0.2) is 0 Å². The van der Waals surface area contributed by atoms with Crippen LogP contribution in [0.25, 0.3) is 0 Å². The molecule has 35 heavy (non-hydrogen) atoms. The smallest absolute Gasteiger partial charge is 0.243 e. The summed E-state index contributed by atoms with van der Waals surface area (Å²) in [6.07, 6.45) is 0.966. The minimum atomic E-state index is -0.833. The van der Waals surface area contributed by atoms with E-state index in [0.717, 1.165) is 11.1 Å². The molecule has 1 aromatic carbocycles. The van der Waals surface area contributed by atoms with E-state index < -0.39 is 29.5 Å². The molecule has 1 heterocycles. The Bertz CT molecular complexity index is 720. The summed E-state index contributed by atoms with van der Waals surface area (Å²) in [7, 11) is 0. The molecule has 3 amide bonds. The number of aliphatic hydroxyl groups is 1. The number of β-amino-alcohol motifs (C(OH)–C–C–N with tert-alkyl or cyclic N) is 1. The molecule has 4 unspecified atom stereocenters. The largest absolute Gasteiger partial charge is 0.520 e. The summed E-state index contributed by atoms with van der Waals surface area (Å²) in [5.41, 5.74) is 1.53. The van der Waals surface area contributed by atoms with E-state index in [1.54, 1.807) is 6.41 Å². The average molecular weight is 544 g/mol. The van der Waals surface area contributed by atoms with Crippen molar-refractivity contribution in [3.05, 3.63) is 35.4 Å². The SMILES string of the molecule is CC.CC.CC.Cc1ccc(C(C)NC(=O)C2CC(O)CN2C(=O)C(N[C-]=O)C(C)(C)C)cc1.[Zn]. The summed E-state index contributed by atoms with van der Waals surface area (Å²) in [5.74, 6) is -0.712. The number of nitrogens with zero attached hydrogens (tertiary/aromatic N) is 1. The third kappa shape index (κ3) is 12.1. The van der Waals surface area contributed by atoms with Gasteiger partial charge in [-0.15, -0.1) is 0 Å². The number of hydrogen-bond acceptors (Lipinski definition) is 4. The van der Waals surface area contributed by atoms with E-state index in [9.17, 15) is 19.5 Å². The molecule has 0 aliphatic carbocycles. The fourth-order valence-corrected chi connectivity index (χ4v) is 3.43. The molecule has 0 bridgehead atoms. The molecule has 1 aliphatic heterocycles. The molecule has 1 aliphatic rings. The maximum absolute atomic E-state index is 13.0. The molecule has 0 saturated carbocycles. The summed E-state index contributed by atoms with van der Waals surface area (Å²) < 4.78 is 0. The molecule has 3 N–H and O–H groups in total. The molecule has 0 radical (unpaired) electrons. The Morgan fingerprint density at radius 1 is 1.06 bits per heavy atom. The maximum atomic E-state index is 13.0. The van der Waals surface area contributed by atoms with Crippen LogP contribution in [-0.4, -0.2) is 53.0 Å². The van der Waals surface area contributed by atoms with E-state index in [-0.39, 0.29) is 44.4 Å².